The van der Waals surface area contributed by atoms with Gasteiger partial charge in [0.15, 0.2) is 12.9 Å². The van der Waals surface area contributed by atoms with Crippen LogP contribution >= 0.6 is 0 Å². The van der Waals surface area contributed by atoms with Gasteiger partial charge in [0.1, 0.15) is 17.7 Å². The van der Waals surface area contributed by atoms with E-state index < -0.39 is 6.29 Å². The van der Waals surface area contributed by atoms with Crippen molar-refractivity contribution in [3.05, 3.63) is 71.9 Å². The summed E-state index contributed by atoms with van der Waals surface area (Å²) in [4.78, 5) is 25.5. The minimum atomic E-state index is -0.638. The van der Waals surface area contributed by atoms with Crippen LogP contribution in [0.4, 0.5) is 11.5 Å². The molecule has 34 heavy (non-hydrogen) atoms. The van der Waals surface area contributed by atoms with Gasteiger partial charge in [-0.2, -0.15) is 5.10 Å². The number of hydrogen-bond acceptors (Lipinski definition) is 7. The number of para-hydroxylation sites is 2. The van der Waals surface area contributed by atoms with E-state index in [1.165, 1.54) is 0 Å². The fraction of sp³-hybridized carbons (Fsp3) is 0.292. The normalized spacial score (nSPS) is 21.6. The average Bonchev–Trinajstić information content (AvgIpc) is 3.42. The van der Waals surface area contributed by atoms with Crippen LogP contribution < -0.4 is 31.1 Å². The number of anilines is 2. The maximum Gasteiger partial charge on any atom is 0.263 e. The van der Waals surface area contributed by atoms with Crippen molar-refractivity contribution in [2.24, 2.45) is 5.92 Å². The Bertz CT molecular complexity index is 1200. The lowest BCUT2D eigenvalue weighted by atomic mass is 10.0. The fourth-order valence-corrected chi connectivity index (χ4v) is 4.28. The quantitative estimate of drug-likeness (QED) is 0.442. The maximum atomic E-state index is 12.9. The first-order chi connectivity index (χ1) is 16.5. The molecule has 176 valence electrons. The molecule has 0 aliphatic carbocycles. The average molecular weight is 462 g/mol. The highest BCUT2D eigenvalue weighted by molar-refractivity contribution is 5.91. The molecule has 0 bridgehead atoms. The first-order valence-electron chi connectivity index (χ1n) is 11.2. The van der Waals surface area contributed by atoms with Crippen LogP contribution in [0.3, 0.4) is 0 Å². The molecule has 0 saturated carbocycles. The lowest BCUT2D eigenvalue weighted by Gasteiger charge is -2.37. The lowest BCUT2D eigenvalue weighted by Crippen LogP contribution is -2.61. The summed E-state index contributed by atoms with van der Waals surface area (Å²) in [6.07, 6.45) is -0.917. The van der Waals surface area contributed by atoms with Crippen molar-refractivity contribution in [3.8, 4) is 5.75 Å². The topological polar surface area (TPSA) is 113 Å². The van der Waals surface area contributed by atoms with Gasteiger partial charge in [0.05, 0.1) is 17.3 Å². The number of amides is 2. The van der Waals surface area contributed by atoms with Crippen LogP contribution in [0.15, 0.2) is 60.7 Å². The molecule has 10 nitrogen and oxygen atoms in total. The van der Waals surface area contributed by atoms with Crippen LogP contribution in [0.25, 0.3) is 0 Å². The van der Waals surface area contributed by atoms with Gasteiger partial charge in [-0.05, 0) is 37.6 Å². The summed E-state index contributed by atoms with van der Waals surface area (Å²) in [5, 5.41) is 15.7. The number of aryl methyl sites for hydroxylation is 2. The van der Waals surface area contributed by atoms with Crippen LogP contribution in [0, 0.1) is 19.8 Å². The van der Waals surface area contributed by atoms with E-state index in [4.69, 9.17) is 4.74 Å². The van der Waals surface area contributed by atoms with E-state index in [1.807, 2.05) is 73.5 Å². The number of hydrazine groups is 1. The van der Waals surface area contributed by atoms with Gasteiger partial charge < -0.3 is 15.4 Å². The summed E-state index contributed by atoms with van der Waals surface area (Å²) in [6, 6.07) is 19.1. The number of aromatic nitrogens is 2. The van der Waals surface area contributed by atoms with Crippen molar-refractivity contribution >= 4 is 23.3 Å². The monoisotopic (exact) mass is 461 g/mol. The van der Waals surface area contributed by atoms with Gasteiger partial charge in [0.25, 0.3) is 5.91 Å². The molecule has 2 aromatic carbocycles. The Labute approximate surface area is 197 Å². The Balaban J connectivity index is 1.31. The second-order valence-corrected chi connectivity index (χ2v) is 8.41. The van der Waals surface area contributed by atoms with Gasteiger partial charge in [-0.3, -0.25) is 19.9 Å². The number of rotatable bonds is 6. The number of benzene rings is 2. The van der Waals surface area contributed by atoms with E-state index in [0.717, 1.165) is 11.3 Å². The smallest absolute Gasteiger partial charge is 0.263 e. The number of carbonyl (C=O) groups is 2. The van der Waals surface area contributed by atoms with Crippen LogP contribution in [0.1, 0.15) is 17.5 Å². The van der Waals surface area contributed by atoms with E-state index in [-0.39, 0.29) is 30.5 Å². The molecule has 2 aliphatic rings. The van der Waals surface area contributed by atoms with Gasteiger partial charge in [0.2, 0.25) is 5.91 Å². The summed E-state index contributed by atoms with van der Waals surface area (Å²) in [5.41, 5.74) is 5.91. The molecule has 4 N–H and O–H groups in total. The van der Waals surface area contributed by atoms with Gasteiger partial charge in [-0.1, -0.05) is 36.4 Å². The van der Waals surface area contributed by atoms with E-state index >= 15 is 0 Å². The van der Waals surface area contributed by atoms with Crippen LogP contribution in [0.5, 0.6) is 5.75 Å². The predicted octanol–water partition coefficient (Wildman–Crippen LogP) is 1.66. The second kappa shape index (κ2) is 9.16. The third-order valence-electron chi connectivity index (χ3n) is 5.94. The van der Waals surface area contributed by atoms with E-state index in [1.54, 1.807) is 10.7 Å². The zero-order valence-electron chi connectivity index (χ0n) is 19.0. The largest absolute Gasteiger partial charge is 0.483 e. The molecule has 5 rings (SSSR count). The Hall–Kier alpha value is -3.89. The molecule has 3 atom stereocenters. The molecule has 1 aromatic heterocycles. The Morgan fingerprint density at radius 2 is 1.91 bits per heavy atom. The van der Waals surface area contributed by atoms with Crippen molar-refractivity contribution in [2.45, 2.75) is 26.3 Å². The number of carbonyl (C=O) groups excluding carboxylic acids is 2. The Morgan fingerprint density at radius 3 is 2.71 bits per heavy atom. The minimum Gasteiger partial charge on any atom is -0.483 e. The van der Waals surface area contributed by atoms with Crippen LogP contribution in [0.2, 0.25) is 0 Å². The summed E-state index contributed by atoms with van der Waals surface area (Å²) < 4.78 is 7.24. The van der Waals surface area contributed by atoms with E-state index in [0.29, 0.717) is 23.8 Å². The molecule has 2 amide bonds. The first kappa shape index (κ1) is 21.9. The molecule has 3 unspecified atom stereocenters. The first-order valence-corrected chi connectivity index (χ1v) is 11.2. The van der Waals surface area contributed by atoms with Crippen molar-refractivity contribution < 1.29 is 14.3 Å². The zero-order chi connectivity index (χ0) is 23.7. The highest BCUT2D eigenvalue weighted by Crippen LogP contribution is 2.27. The maximum absolute atomic E-state index is 12.9. The van der Waals surface area contributed by atoms with Gasteiger partial charge >= 0.3 is 0 Å². The molecule has 0 spiro atoms. The highest BCUT2D eigenvalue weighted by atomic mass is 16.5. The summed E-state index contributed by atoms with van der Waals surface area (Å²) in [6.45, 7) is 4.13. The van der Waals surface area contributed by atoms with E-state index in [2.05, 4.69) is 26.5 Å². The Kier molecular flexibility index (Phi) is 5.91. The highest BCUT2D eigenvalue weighted by Gasteiger charge is 2.45. The standard InChI is InChI=1S/C24H27N7O3/c1-15-8-6-7-11-19(15)34-14-21(32)26-20-12-16(2)29-31(20)24-27-22-18(23(33)28-24)13-25-30(22)17-9-4-3-5-10-17/h3-12,18,22,24-25,27H,13-14H2,1-2H3,(H,26,32)(H,28,33). The van der Waals surface area contributed by atoms with E-state index in [9.17, 15) is 9.59 Å². The van der Waals surface area contributed by atoms with Crippen molar-refractivity contribution in [1.29, 1.82) is 0 Å². The van der Waals surface area contributed by atoms with Gasteiger partial charge in [-0.15, -0.1) is 0 Å². The number of hydrogen-bond donors (Lipinski definition) is 4. The third kappa shape index (κ3) is 4.33. The van der Waals surface area contributed by atoms with Crippen LogP contribution in [-0.2, 0) is 9.59 Å². The number of nitrogens with zero attached hydrogens (tertiary/aromatic N) is 3. The van der Waals surface area contributed by atoms with Gasteiger partial charge in [0, 0.05) is 12.6 Å². The van der Waals surface area contributed by atoms with Crippen molar-refractivity contribution in [2.75, 3.05) is 23.5 Å². The Morgan fingerprint density at radius 1 is 1.15 bits per heavy atom. The zero-order valence-corrected chi connectivity index (χ0v) is 19.0. The summed E-state index contributed by atoms with van der Waals surface area (Å²) in [5.74, 6) is 0.438. The number of fused-ring (bicyclic) bond motifs is 1. The molecule has 3 heterocycles. The minimum absolute atomic E-state index is 0.0898. The fourth-order valence-electron chi connectivity index (χ4n) is 4.28. The predicted molar refractivity (Wildman–Crippen MR) is 127 cm³/mol. The molecule has 2 fully saturated rings. The third-order valence-corrected chi connectivity index (χ3v) is 5.94. The van der Waals surface area contributed by atoms with Crippen molar-refractivity contribution in [3.63, 3.8) is 0 Å². The summed E-state index contributed by atoms with van der Waals surface area (Å²) in [7, 11) is 0. The molecule has 0 radical (unpaired) electrons. The molecule has 2 saturated heterocycles. The molecular formula is C24H27N7O3. The second-order valence-electron chi connectivity index (χ2n) is 8.41. The summed E-state index contributed by atoms with van der Waals surface area (Å²) >= 11 is 0. The molecule has 10 heteroatoms. The number of ether oxygens (including phenoxy) is 1. The lowest BCUT2D eigenvalue weighted by molar-refractivity contribution is -0.129. The molecule has 2 aliphatic heterocycles. The SMILES string of the molecule is Cc1cc(NC(=O)COc2ccccc2C)n(C2NC(=O)C3CNN(c4ccccc4)C3N2)n1. The van der Waals surface area contributed by atoms with Crippen LogP contribution in [-0.4, -0.2) is 40.9 Å². The van der Waals surface area contributed by atoms with Crippen molar-refractivity contribution in [1.82, 2.24) is 25.8 Å². The number of nitrogens with one attached hydrogen (secondary N) is 4. The molecule has 3 aromatic rings. The molecular weight excluding hydrogens is 434 g/mol. The van der Waals surface area contributed by atoms with Gasteiger partial charge in [-0.25, -0.2) is 10.1 Å².